The topological polar surface area (TPSA) is 198 Å². The van der Waals surface area contributed by atoms with Crippen molar-refractivity contribution < 1.29 is 43.3 Å². The van der Waals surface area contributed by atoms with Gasteiger partial charge >= 0.3 is 12.1 Å². The smallest absolute Gasteiger partial charge is 0.408 e. The summed E-state index contributed by atoms with van der Waals surface area (Å²) in [5, 5.41) is 21.3. The molecule has 57 heavy (non-hydrogen) atoms. The molecule has 1 saturated heterocycles. The number of anilines is 1. The van der Waals surface area contributed by atoms with Crippen LogP contribution in [-0.4, -0.2) is 101 Å². The molecule has 15 nitrogen and oxygen atoms in total. The Morgan fingerprint density at radius 1 is 1.12 bits per heavy atom. The fraction of sp³-hybridized carbons (Fsp3) is 0.525. The average molecular weight is 803 g/mol. The average Bonchev–Trinajstić information content (AvgIpc) is 3.57. The number of hydrogen-bond acceptors (Lipinski definition) is 11. The predicted octanol–water partition coefficient (Wildman–Crippen LogP) is 3.94. The minimum Gasteiger partial charge on any atom is -0.497 e. The molecule has 4 amide bonds. The first-order valence-electron chi connectivity index (χ1n) is 19.4. The number of carboxylic acids is 1. The lowest BCUT2D eigenvalue weighted by molar-refractivity contribution is -0.146. The van der Waals surface area contributed by atoms with Crippen molar-refractivity contribution in [1.82, 2.24) is 25.5 Å². The van der Waals surface area contributed by atoms with Gasteiger partial charge in [0.05, 0.1) is 24.9 Å². The van der Waals surface area contributed by atoms with E-state index >= 15 is 0 Å². The van der Waals surface area contributed by atoms with Crippen LogP contribution in [0.15, 0.2) is 36.2 Å². The summed E-state index contributed by atoms with van der Waals surface area (Å²) in [6.45, 7) is 11.0. The van der Waals surface area contributed by atoms with E-state index in [1.807, 2.05) is 41.6 Å². The lowest BCUT2D eigenvalue weighted by Gasteiger charge is -2.35. The van der Waals surface area contributed by atoms with Gasteiger partial charge in [0.2, 0.25) is 17.7 Å². The number of nitrogens with one attached hydrogen (secondary N) is 3. The first-order chi connectivity index (χ1) is 27.1. The molecule has 2 aliphatic carbocycles. The third-order valence-electron chi connectivity index (χ3n) is 11.0. The van der Waals surface area contributed by atoms with Crippen molar-refractivity contribution in [2.45, 2.75) is 109 Å². The van der Waals surface area contributed by atoms with Crippen LogP contribution in [0.25, 0.3) is 22.3 Å². The van der Waals surface area contributed by atoms with Gasteiger partial charge in [-0.05, 0) is 61.5 Å². The number of likely N-dealkylation sites (tertiary alicyclic amines) is 1. The number of nitrogens with zero attached hydrogens (tertiary/aromatic N) is 3. The largest absolute Gasteiger partial charge is 0.497 e. The van der Waals surface area contributed by atoms with Gasteiger partial charge in [0.1, 0.15) is 54.9 Å². The number of hydrogen-bond donors (Lipinski definition) is 4. The van der Waals surface area contributed by atoms with E-state index in [1.54, 1.807) is 24.6 Å². The van der Waals surface area contributed by atoms with Crippen LogP contribution in [0, 0.1) is 11.3 Å². The number of carbonyl (C=O) groups is 5. The SMILES string of the molecule is Bc1c(OC)ccc2c(O[C@@H]3C[C@@H](C(=O)N[C@]4(C(=O)O)C[C@H]4C=C)N(C(=O)[C@@H](NC(=O)OC4CCCC4)C(C)(C)C)C3)cc(-c3csc(NC(=O)CCC)n3)nc12. The zero-order valence-electron chi connectivity index (χ0n) is 33.3. The molecule has 0 spiro atoms. The molecule has 3 aromatic rings. The molecule has 1 aromatic carbocycles. The van der Waals surface area contributed by atoms with E-state index in [4.69, 9.17) is 19.2 Å². The summed E-state index contributed by atoms with van der Waals surface area (Å²) in [6.07, 6.45) is 4.49. The molecule has 0 bridgehead atoms. The third-order valence-corrected chi connectivity index (χ3v) is 11.7. The molecule has 0 unspecified atom stereocenters. The molecule has 2 aromatic heterocycles. The van der Waals surface area contributed by atoms with Crippen LogP contribution in [0.3, 0.4) is 0 Å². The fourth-order valence-electron chi connectivity index (χ4n) is 7.68. The van der Waals surface area contributed by atoms with Gasteiger partial charge in [0, 0.05) is 35.6 Å². The molecular weight excluding hydrogens is 751 g/mol. The highest BCUT2D eigenvalue weighted by Crippen LogP contribution is 2.45. The van der Waals surface area contributed by atoms with Crippen molar-refractivity contribution in [2.24, 2.45) is 11.3 Å². The Morgan fingerprint density at radius 2 is 1.86 bits per heavy atom. The van der Waals surface area contributed by atoms with Gasteiger partial charge in [-0.3, -0.25) is 14.4 Å². The van der Waals surface area contributed by atoms with Gasteiger partial charge in [0.25, 0.3) is 0 Å². The first-order valence-corrected chi connectivity index (χ1v) is 20.3. The van der Waals surface area contributed by atoms with E-state index in [1.165, 1.54) is 22.3 Å². The molecular formula is C40H51BN6O9S. The molecule has 3 aliphatic rings. The maximum absolute atomic E-state index is 14.6. The van der Waals surface area contributed by atoms with E-state index in [0.717, 1.165) is 31.1 Å². The number of aromatic nitrogens is 2. The summed E-state index contributed by atoms with van der Waals surface area (Å²) in [6, 6.07) is 3.14. The lowest BCUT2D eigenvalue weighted by atomic mass is 9.85. The Kier molecular flexibility index (Phi) is 12.2. The van der Waals surface area contributed by atoms with E-state index in [2.05, 4.69) is 27.5 Å². The number of carboxylic acid groups (broad SMARTS) is 1. The fourth-order valence-corrected chi connectivity index (χ4v) is 8.40. The number of ether oxygens (including phenoxy) is 3. The van der Waals surface area contributed by atoms with Gasteiger partial charge in [-0.1, -0.05) is 33.8 Å². The molecule has 6 rings (SSSR count). The van der Waals surface area contributed by atoms with Gasteiger partial charge in [-0.25, -0.2) is 19.6 Å². The van der Waals surface area contributed by atoms with Crippen molar-refractivity contribution in [3.8, 4) is 22.9 Å². The number of rotatable bonds is 14. The van der Waals surface area contributed by atoms with Gasteiger partial charge in [-0.15, -0.1) is 17.9 Å². The van der Waals surface area contributed by atoms with Gasteiger partial charge in [-0.2, -0.15) is 0 Å². The normalized spacial score (nSPS) is 22.4. The van der Waals surface area contributed by atoms with Crippen LogP contribution in [-0.2, 0) is 23.9 Å². The number of amides is 4. The van der Waals surface area contributed by atoms with Crippen LogP contribution in [0.1, 0.15) is 79.1 Å². The quantitative estimate of drug-likeness (QED) is 0.136. The Hall–Kier alpha value is -5.19. The van der Waals surface area contributed by atoms with E-state index < -0.39 is 58.9 Å². The highest BCUT2D eigenvalue weighted by Gasteiger charge is 2.61. The second-order valence-electron chi connectivity index (χ2n) is 16.2. The van der Waals surface area contributed by atoms with Crippen molar-refractivity contribution in [3.05, 3.63) is 36.2 Å². The second kappa shape index (κ2) is 16.7. The Labute approximate surface area is 336 Å². The lowest BCUT2D eigenvalue weighted by Crippen LogP contribution is -2.59. The van der Waals surface area contributed by atoms with Gasteiger partial charge in [0.15, 0.2) is 5.13 Å². The van der Waals surface area contributed by atoms with E-state index in [9.17, 15) is 29.1 Å². The maximum atomic E-state index is 14.6. The number of benzene rings is 1. The number of methoxy groups -OCH3 is 1. The molecule has 1 aliphatic heterocycles. The van der Waals surface area contributed by atoms with Crippen LogP contribution >= 0.6 is 11.3 Å². The molecule has 2 saturated carbocycles. The highest BCUT2D eigenvalue weighted by molar-refractivity contribution is 7.14. The van der Waals surface area contributed by atoms with Crippen LogP contribution < -0.4 is 30.9 Å². The summed E-state index contributed by atoms with van der Waals surface area (Å²) in [5.74, 6) is -1.97. The minimum atomic E-state index is -1.53. The van der Waals surface area contributed by atoms with Crippen molar-refractivity contribution in [1.29, 1.82) is 0 Å². The summed E-state index contributed by atoms with van der Waals surface area (Å²) in [4.78, 5) is 77.5. The third kappa shape index (κ3) is 8.87. The Bertz CT molecular complexity index is 2060. The van der Waals surface area contributed by atoms with Gasteiger partial charge < -0.3 is 40.2 Å². The maximum Gasteiger partial charge on any atom is 0.408 e. The van der Waals surface area contributed by atoms with Crippen LogP contribution in [0.2, 0.25) is 0 Å². The monoisotopic (exact) mass is 802 g/mol. The molecule has 0 radical (unpaired) electrons. The molecule has 3 fully saturated rings. The highest BCUT2D eigenvalue weighted by atomic mass is 32.1. The van der Waals surface area contributed by atoms with Crippen LogP contribution in [0.5, 0.6) is 11.5 Å². The number of fused-ring (bicyclic) bond motifs is 1. The van der Waals surface area contributed by atoms with Crippen molar-refractivity contribution >= 4 is 70.5 Å². The molecule has 17 heteroatoms. The summed E-state index contributed by atoms with van der Waals surface area (Å²) >= 11 is 1.27. The number of carbonyl (C=O) groups excluding carboxylic acids is 4. The number of alkyl carbamates (subject to hydrolysis) is 1. The Balaban J connectivity index is 1.34. The van der Waals surface area contributed by atoms with Crippen molar-refractivity contribution in [3.63, 3.8) is 0 Å². The van der Waals surface area contributed by atoms with Crippen LogP contribution in [0.4, 0.5) is 9.93 Å². The number of thiazole rings is 1. The zero-order chi connectivity index (χ0) is 41.2. The number of aliphatic carboxylic acids is 1. The van der Waals surface area contributed by atoms with Crippen molar-refractivity contribution in [2.75, 3.05) is 19.0 Å². The molecule has 4 N–H and O–H groups in total. The minimum absolute atomic E-state index is 0.0218. The zero-order valence-corrected chi connectivity index (χ0v) is 34.1. The molecule has 3 heterocycles. The Morgan fingerprint density at radius 3 is 2.49 bits per heavy atom. The predicted molar refractivity (Wildman–Crippen MR) is 218 cm³/mol. The summed E-state index contributed by atoms with van der Waals surface area (Å²) in [7, 11) is 3.44. The standard InChI is InChI=1S/C40H51BN6O9S/c1-7-11-30(48)44-37-43-26(20-57-37)25-17-29(24-14-15-28(54-6)31(41)32(24)42-25)55-23-16-27(34(49)46-40(36(51)52)18-21(40)8-2)47(19-23)35(50)33(39(3,4)5)45-38(53)56-22-12-9-10-13-22/h8,14-15,17,20-23,27,33H,2,7,9-13,16,18-19,41H2,1,3-6H3,(H,45,53)(H,46,49)(H,51,52)(H,43,44,48)/t21-,23-,27+,33-,40-/m1/s1. The molecule has 5 atom stereocenters. The van der Waals surface area contributed by atoms with E-state index in [0.29, 0.717) is 51.8 Å². The molecule has 304 valence electrons. The first kappa shape index (κ1) is 41.4. The summed E-state index contributed by atoms with van der Waals surface area (Å²) < 4.78 is 18.0. The second-order valence-corrected chi connectivity index (χ2v) is 17.0. The number of pyridine rings is 1. The summed E-state index contributed by atoms with van der Waals surface area (Å²) in [5.41, 5.74) is -0.0337. The van der Waals surface area contributed by atoms with E-state index in [-0.39, 0.29) is 31.4 Å².